The van der Waals surface area contributed by atoms with Gasteiger partial charge in [0.25, 0.3) is 0 Å². The molecule has 0 saturated carbocycles. The lowest BCUT2D eigenvalue weighted by Gasteiger charge is -2.11. The summed E-state index contributed by atoms with van der Waals surface area (Å²) in [6, 6.07) is 11.6. The Bertz CT molecular complexity index is 584. The highest BCUT2D eigenvalue weighted by Crippen LogP contribution is 2.29. The van der Waals surface area contributed by atoms with E-state index in [1.807, 2.05) is 36.4 Å². The van der Waals surface area contributed by atoms with Gasteiger partial charge in [0.1, 0.15) is 11.5 Å². The van der Waals surface area contributed by atoms with Crippen molar-refractivity contribution in [3.63, 3.8) is 0 Å². The van der Waals surface area contributed by atoms with Crippen LogP contribution in [0.5, 0.6) is 11.5 Å². The maximum Gasteiger partial charge on any atom is 0.126 e. The zero-order chi connectivity index (χ0) is 13.8. The molecule has 0 fully saturated rings. The zero-order valence-electron chi connectivity index (χ0n) is 10.7. The fourth-order valence-electron chi connectivity index (χ4n) is 1.88. The van der Waals surface area contributed by atoms with Crippen LogP contribution in [0.15, 0.2) is 40.9 Å². The Morgan fingerprint density at radius 3 is 2.47 bits per heavy atom. The SMILES string of the molecule is COc1ccc(Cc2cc(Br)ccc2Cl)c(OC)c1. The Morgan fingerprint density at radius 1 is 1.00 bits per heavy atom. The Morgan fingerprint density at radius 2 is 1.79 bits per heavy atom. The quantitative estimate of drug-likeness (QED) is 0.802. The summed E-state index contributed by atoms with van der Waals surface area (Å²) < 4.78 is 11.6. The molecule has 0 heterocycles. The van der Waals surface area contributed by atoms with E-state index in [1.165, 1.54) is 0 Å². The average molecular weight is 342 g/mol. The first kappa shape index (κ1) is 14.2. The van der Waals surface area contributed by atoms with Crippen molar-refractivity contribution in [2.24, 2.45) is 0 Å². The van der Waals surface area contributed by atoms with E-state index in [0.29, 0.717) is 6.42 Å². The van der Waals surface area contributed by atoms with E-state index >= 15 is 0 Å². The van der Waals surface area contributed by atoms with E-state index in [0.717, 1.165) is 32.1 Å². The molecule has 0 aliphatic carbocycles. The van der Waals surface area contributed by atoms with Gasteiger partial charge in [0.05, 0.1) is 14.2 Å². The molecule has 0 saturated heterocycles. The molecule has 2 aromatic rings. The Balaban J connectivity index is 2.35. The highest BCUT2D eigenvalue weighted by molar-refractivity contribution is 9.10. The zero-order valence-corrected chi connectivity index (χ0v) is 13.1. The third-order valence-electron chi connectivity index (χ3n) is 2.88. The summed E-state index contributed by atoms with van der Waals surface area (Å²) in [5, 5.41) is 0.751. The third kappa shape index (κ3) is 3.43. The van der Waals surface area contributed by atoms with Gasteiger partial charge < -0.3 is 9.47 Å². The first-order valence-corrected chi connectivity index (χ1v) is 6.96. The van der Waals surface area contributed by atoms with Gasteiger partial charge in [-0.05, 0) is 35.4 Å². The summed E-state index contributed by atoms with van der Waals surface area (Å²) in [5.41, 5.74) is 2.13. The summed E-state index contributed by atoms with van der Waals surface area (Å²) in [6.45, 7) is 0. The van der Waals surface area contributed by atoms with Crippen LogP contribution in [0.2, 0.25) is 5.02 Å². The molecule has 0 atom stereocenters. The van der Waals surface area contributed by atoms with Crippen molar-refractivity contribution in [2.45, 2.75) is 6.42 Å². The molecule has 0 N–H and O–H groups in total. The van der Waals surface area contributed by atoms with Gasteiger partial charge in [0, 0.05) is 22.0 Å². The Kier molecular flexibility index (Phi) is 4.72. The molecule has 2 aromatic carbocycles. The van der Waals surface area contributed by atoms with Gasteiger partial charge in [-0.15, -0.1) is 0 Å². The molecule has 0 spiro atoms. The number of rotatable bonds is 4. The second-order valence-electron chi connectivity index (χ2n) is 4.09. The number of methoxy groups -OCH3 is 2. The van der Waals surface area contributed by atoms with Crippen molar-refractivity contribution in [1.82, 2.24) is 0 Å². The van der Waals surface area contributed by atoms with Crippen LogP contribution >= 0.6 is 27.5 Å². The van der Waals surface area contributed by atoms with E-state index in [4.69, 9.17) is 21.1 Å². The molecule has 2 nitrogen and oxygen atoms in total. The average Bonchev–Trinajstić information content (AvgIpc) is 2.43. The van der Waals surface area contributed by atoms with E-state index in [2.05, 4.69) is 15.9 Å². The predicted octanol–water partition coefficient (Wildman–Crippen LogP) is 4.71. The lowest BCUT2D eigenvalue weighted by molar-refractivity contribution is 0.391. The van der Waals surface area contributed by atoms with Gasteiger partial charge in [0.2, 0.25) is 0 Å². The van der Waals surface area contributed by atoms with E-state index in [1.54, 1.807) is 14.2 Å². The lowest BCUT2D eigenvalue weighted by atomic mass is 10.0. The molecule has 0 unspecified atom stereocenters. The van der Waals surface area contributed by atoms with Gasteiger partial charge in [-0.3, -0.25) is 0 Å². The maximum absolute atomic E-state index is 6.21. The summed E-state index contributed by atoms with van der Waals surface area (Å²) in [7, 11) is 3.29. The monoisotopic (exact) mass is 340 g/mol. The van der Waals surface area contributed by atoms with Crippen LogP contribution in [0.4, 0.5) is 0 Å². The number of halogens is 2. The molecule has 4 heteroatoms. The molecule has 0 radical (unpaired) electrons. The number of hydrogen-bond acceptors (Lipinski definition) is 2. The smallest absolute Gasteiger partial charge is 0.126 e. The van der Waals surface area contributed by atoms with Crippen LogP contribution in [0.25, 0.3) is 0 Å². The summed E-state index contributed by atoms with van der Waals surface area (Å²) in [4.78, 5) is 0. The molecular weight excluding hydrogens is 328 g/mol. The number of hydrogen-bond donors (Lipinski definition) is 0. The van der Waals surface area contributed by atoms with Gasteiger partial charge >= 0.3 is 0 Å². The molecule has 0 amide bonds. The number of benzene rings is 2. The van der Waals surface area contributed by atoms with E-state index in [9.17, 15) is 0 Å². The fourth-order valence-corrected chi connectivity index (χ4v) is 2.47. The van der Waals surface area contributed by atoms with Crippen LogP contribution in [0, 0.1) is 0 Å². The topological polar surface area (TPSA) is 18.5 Å². The highest BCUT2D eigenvalue weighted by atomic mass is 79.9. The largest absolute Gasteiger partial charge is 0.497 e. The van der Waals surface area contributed by atoms with E-state index < -0.39 is 0 Å². The predicted molar refractivity (Wildman–Crippen MR) is 81.5 cm³/mol. The normalized spacial score (nSPS) is 10.3. The Hall–Kier alpha value is -1.19. The van der Waals surface area contributed by atoms with Crippen molar-refractivity contribution >= 4 is 27.5 Å². The van der Waals surface area contributed by atoms with Crippen molar-refractivity contribution in [3.8, 4) is 11.5 Å². The molecule has 2 rings (SSSR count). The minimum absolute atomic E-state index is 0.714. The first-order valence-electron chi connectivity index (χ1n) is 5.79. The standard InChI is InChI=1S/C15H14BrClO2/c1-18-13-5-3-10(15(9-13)19-2)7-11-8-12(16)4-6-14(11)17/h3-6,8-9H,7H2,1-2H3. The molecule has 0 aliphatic heterocycles. The second kappa shape index (κ2) is 6.31. The molecule has 0 bridgehead atoms. The van der Waals surface area contributed by atoms with Crippen molar-refractivity contribution < 1.29 is 9.47 Å². The van der Waals surface area contributed by atoms with Crippen LogP contribution in [-0.4, -0.2) is 14.2 Å². The van der Waals surface area contributed by atoms with Crippen LogP contribution in [0.1, 0.15) is 11.1 Å². The summed E-state index contributed by atoms with van der Waals surface area (Å²) in [5.74, 6) is 1.58. The second-order valence-corrected chi connectivity index (χ2v) is 5.41. The molecule has 0 aromatic heterocycles. The van der Waals surface area contributed by atoms with Crippen LogP contribution in [-0.2, 0) is 6.42 Å². The maximum atomic E-state index is 6.21. The van der Waals surface area contributed by atoms with Crippen LogP contribution < -0.4 is 9.47 Å². The highest BCUT2D eigenvalue weighted by Gasteiger charge is 2.08. The molecule has 0 aliphatic rings. The Labute approximate surface area is 126 Å². The van der Waals surface area contributed by atoms with Gasteiger partial charge in [-0.1, -0.05) is 33.6 Å². The summed E-state index contributed by atoms with van der Waals surface area (Å²) in [6.07, 6.45) is 0.714. The van der Waals surface area contributed by atoms with Crippen molar-refractivity contribution in [3.05, 3.63) is 57.0 Å². The summed E-state index contributed by atoms with van der Waals surface area (Å²) >= 11 is 9.67. The molecule has 100 valence electrons. The van der Waals surface area contributed by atoms with E-state index in [-0.39, 0.29) is 0 Å². The van der Waals surface area contributed by atoms with Gasteiger partial charge in [-0.25, -0.2) is 0 Å². The third-order valence-corrected chi connectivity index (χ3v) is 3.74. The molecule has 19 heavy (non-hydrogen) atoms. The fraction of sp³-hybridized carbons (Fsp3) is 0.200. The number of ether oxygens (including phenoxy) is 2. The first-order chi connectivity index (χ1) is 9.13. The minimum atomic E-state index is 0.714. The van der Waals surface area contributed by atoms with Crippen molar-refractivity contribution in [1.29, 1.82) is 0 Å². The van der Waals surface area contributed by atoms with Gasteiger partial charge in [0.15, 0.2) is 0 Å². The minimum Gasteiger partial charge on any atom is -0.497 e. The van der Waals surface area contributed by atoms with Crippen molar-refractivity contribution in [2.75, 3.05) is 14.2 Å². The van der Waals surface area contributed by atoms with Gasteiger partial charge in [-0.2, -0.15) is 0 Å². The lowest BCUT2D eigenvalue weighted by Crippen LogP contribution is -1.96. The van der Waals surface area contributed by atoms with Crippen LogP contribution in [0.3, 0.4) is 0 Å². The molecular formula is C15H14BrClO2.